The molecule has 0 radical (unpaired) electrons. The summed E-state index contributed by atoms with van der Waals surface area (Å²) in [6.45, 7) is 0. The number of carbonyl (C=O) groups is 1. The maximum absolute atomic E-state index is 12.6. The van der Waals surface area contributed by atoms with Crippen LogP contribution in [0.2, 0.25) is 0 Å². The normalized spacial score (nSPS) is 12.2. The van der Waals surface area contributed by atoms with Gasteiger partial charge in [-0.1, -0.05) is 0 Å². The number of aromatic nitrogens is 1. The number of rotatable bonds is 4. The zero-order valence-corrected chi connectivity index (χ0v) is 8.45. The molecule has 1 atom stereocenters. The molecule has 6 heteroatoms. The van der Waals surface area contributed by atoms with Gasteiger partial charge in [-0.25, -0.2) is 9.82 Å². The highest BCUT2D eigenvalue weighted by molar-refractivity contribution is 5.81. The number of nitrogens with one attached hydrogen (secondary N) is 2. The quantitative estimate of drug-likeness (QED) is 0.699. The van der Waals surface area contributed by atoms with E-state index < -0.39 is 11.9 Å². The number of halogens is 1. The van der Waals surface area contributed by atoms with Gasteiger partial charge in [0, 0.05) is 14.2 Å². The topological polar surface area (TPSA) is 63.2 Å². The minimum atomic E-state index is -0.849. The number of nitrogens with zero attached hydrogens (tertiary/aromatic N) is 1. The number of methoxy groups -OCH3 is 1. The maximum atomic E-state index is 12.6. The molecule has 0 saturated heterocycles. The standard InChI is InChI=1S/C9H12FN3O2/c1-11-13-9(14)8(15-2)7-4-3-6(10)5-12-7/h3-5,8,11H,1-2H3,(H,13,14). The summed E-state index contributed by atoms with van der Waals surface area (Å²) >= 11 is 0. The molecule has 1 amide bonds. The highest BCUT2D eigenvalue weighted by atomic mass is 19.1. The lowest BCUT2D eigenvalue weighted by Crippen LogP contribution is -2.38. The number of amides is 1. The van der Waals surface area contributed by atoms with Gasteiger partial charge in [0.1, 0.15) is 5.82 Å². The van der Waals surface area contributed by atoms with Crippen LogP contribution < -0.4 is 10.9 Å². The first kappa shape index (κ1) is 11.5. The predicted octanol–water partition coefficient (Wildman–Crippen LogP) is 0.159. The lowest BCUT2D eigenvalue weighted by molar-refractivity contribution is -0.132. The number of pyridine rings is 1. The van der Waals surface area contributed by atoms with Crippen LogP contribution in [0, 0.1) is 5.82 Å². The Morgan fingerprint density at radius 2 is 2.33 bits per heavy atom. The van der Waals surface area contributed by atoms with Crippen molar-refractivity contribution in [1.29, 1.82) is 0 Å². The highest BCUT2D eigenvalue weighted by Crippen LogP contribution is 2.13. The molecule has 5 nitrogen and oxygen atoms in total. The number of ether oxygens (including phenoxy) is 1. The molecule has 1 unspecified atom stereocenters. The molecular weight excluding hydrogens is 201 g/mol. The number of hydrogen-bond acceptors (Lipinski definition) is 4. The van der Waals surface area contributed by atoms with Gasteiger partial charge in [0.25, 0.3) is 5.91 Å². The van der Waals surface area contributed by atoms with Crippen molar-refractivity contribution < 1.29 is 13.9 Å². The van der Waals surface area contributed by atoms with Crippen molar-refractivity contribution in [2.45, 2.75) is 6.10 Å². The summed E-state index contributed by atoms with van der Waals surface area (Å²) in [5.74, 6) is -0.846. The fourth-order valence-corrected chi connectivity index (χ4v) is 1.09. The Bertz CT molecular complexity index is 329. The van der Waals surface area contributed by atoms with Crippen molar-refractivity contribution in [3.63, 3.8) is 0 Å². The van der Waals surface area contributed by atoms with E-state index >= 15 is 0 Å². The van der Waals surface area contributed by atoms with Crippen molar-refractivity contribution in [2.75, 3.05) is 14.2 Å². The second kappa shape index (κ2) is 5.38. The first-order valence-electron chi connectivity index (χ1n) is 4.30. The molecule has 0 aliphatic rings. The van der Waals surface area contributed by atoms with E-state index in [-0.39, 0.29) is 5.91 Å². The van der Waals surface area contributed by atoms with Gasteiger partial charge in [-0.05, 0) is 12.1 Å². The molecule has 1 aromatic rings. The van der Waals surface area contributed by atoms with Gasteiger partial charge in [0.15, 0.2) is 6.10 Å². The van der Waals surface area contributed by atoms with Crippen LogP contribution in [0.25, 0.3) is 0 Å². The smallest absolute Gasteiger partial charge is 0.269 e. The van der Waals surface area contributed by atoms with Crippen LogP contribution in [0.3, 0.4) is 0 Å². The van der Waals surface area contributed by atoms with Crippen molar-refractivity contribution in [2.24, 2.45) is 0 Å². The molecule has 0 aromatic carbocycles. The van der Waals surface area contributed by atoms with Crippen molar-refractivity contribution >= 4 is 5.91 Å². The Hall–Kier alpha value is -1.53. The third kappa shape index (κ3) is 2.97. The zero-order valence-electron chi connectivity index (χ0n) is 8.45. The molecule has 82 valence electrons. The average molecular weight is 213 g/mol. The Labute approximate surface area is 86.6 Å². The molecule has 1 rings (SSSR count). The van der Waals surface area contributed by atoms with E-state index in [0.717, 1.165) is 6.20 Å². The second-order valence-electron chi connectivity index (χ2n) is 2.76. The van der Waals surface area contributed by atoms with Crippen molar-refractivity contribution in [1.82, 2.24) is 15.8 Å². The zero-order chi connectivity index (χ0) is 11.3. The summed E-state index contributed by atoms with van der Waals surface area (Å²) in [4.78, 5) is 15.2. The minimum Gasteiger partial charge on any atom is -0.365 e. The summed E-state index contributed by atoms with van der Waals surface area (Å²) in [5, 5.41) is 0. The van der Waals surface area contributed by atoms with Crippen LogP contribution in [0.4, 0.5) is 4.39 Å². The van der Waals surface area contributed by atoms with E-state index in [0.29, 0.717) is 5.69 Å². The summed E-state index contributed by atoms with van der Waals surface area (Å²) < 4.78 is 17.5. The van der Waals surface area contributed by atoms with Crippen LogP contribution in [0.15, 0.2) is 18.3 Å². The monoisotopic (exact) mass is 213 g/mol. The van der Waals surface area contributed by atoms with Gasteiger partial charge < -0.3 is 4.74 Å². The number of carbonyl (C=O) groups excluding carboxylic acids is 1. The predicted molar refractivity (Wildman–Crippen MR) is 51.1 cm³/mol. The molecule has 0 saturated carbocycles. The SMILES string of the molecule is CNNC(=O)C(OC)c1ccc(F)cn1. The van der Waals surface area contributed by atoms with Gasteiger partial charge in [0.05, 0.1) is 11.9 Å². The first-order chi connectivity index (χ1) is 7.19. The number of hydrazine groups is 1. The molecule has 2 N–H and O–H groups in total. The lowest BCUT2D eigenvalue weighted by atomic mass is 10.2. The third-order valence-corrected chi connectivity index (χ3v) is 1.74. The van der Waals surface area contributed by atoms with E-state index in [9.17, 15) is 9.18 Å². The summed E-state index contributed by atoms with van der Waals surface area (Å²) in [6.07, 6.45) is 0.187. The third-order valence-electron chi connectivity index (χ3n) is 1.74. The van der Waals surface area contributed by atoms with E-state index in [1.807, 2.05) is 0 Å². The average Bonchev–Trinajstić information content (AvgIpc) is 2.22. The summed E-state index contributed by atoms with van der Waals surface area (Å²) in [7, 11) is 2.94. The van der Waals surface area contributed by atoms with Gasteiger partial charge in [0.2, 0.25) is 0 Å². The van der Waals surface area contributed by atoms with E-state index in [2.05, 4.69) is 15.8 Å². The number of hydrogen-bond donors (Lipinski definition) is 2. The molecular formula is C9H12FN3O2. The Balaban J connectivity index is 2.82. The Morgan fingerprint density at radius 3 is 2.80 bits per heavy atom. The summed E-state index contributed by atoms with van der Waals surface area (Å²) in [6, 6.07) is 2.62. The summed E-state index contributed by atoms with van der Waals surface area (Å²) in [5.41, 5.74) is 5.20. The molecule has 0 fully saturated rings. The van der Waals surface area contributed by atoms with E-state index in [4.69, 9.17) is 4.74 Å². The molecule has 0 spiro atoms. The second-order valence-corrected chi connectivity index (χ2v) is 2.76. The molecule has 1 aromatic heterocycles. The molecule has 0 aliphatic heterocycles. The Kier molecular flexibility index (Phi) is 4.14. The van der Waals surface area contributed by atoms with E-state index in [1.165, 1.54) is 19.2 Å². The molecule has 1 heterocycles. The van der Waals surface area contributed by atoms with Crippen LogP contribution in [-0.4, -0.2) is 25.0 Å². The van der Waals surface area contributed by atoms with Crippen molar-refractivity contribution in [3.8, 4) is 0 Å². The van der Waals surface area contributed by atoms with Crippen LogP contribution in [0.1, 0.15) is 11.8 Å². The minimum absolute atomic E-state index is 0.353. The van der Waals surface area contributed by atoms with Gasteiger partial charge in [-0.15, -0.1) is 0 Å². The van der Waals surface area contributed by atoms with Gasteiger partial charge >= 0.3 is 0 Å². The first-order valence-corrected chi connectivity index (χ1v) is 4.30. The van der Waals surface area contributed by atoms with Gasteiger partial charge in [-0.3, -0.25) is 15.2 Å². The van der Waals surface area contributed by atoms with Crippen LogP contribution >= 0.6 is 0 Å². The molecule has 0 bridgehead atoms. The fraction of sp³-hybridized carbons (Fsp3) is 0.333. The largest absolute Gasteiger partial charge is 0.365 e. The maximum Gasteiger partial charge on any atom is 0.269 e. The fourth-order valence-electron chi connectivity index (χ4n) is 1.09. The highest BCUT2D eigenvalue weighted by Gasteiger charge is 2.20. The Morgan fingerprint density at radius 1 is 1.60 bits per heavy atom. The van der Waals surface area contributed by atoms with Crippen LogP contribution in [-0.2, 0) is 9.53 Å². The van der Waals surface area contributed by atoms with E-state index in [1.54, 1.807) is 7.05 Å². The lowest BCUT2D eigenvalue weighted by Gasteiger charge is -2.13. The van der Waals surface area contributed by atoms with Crippen LogP contribution in [0.5, 0.6) is 0 Å². The van der Waals surface area contributed by atoms with Crippen molar-refractivity contribution in [3.05, 3.63) is 29.8 Å². The molecule has 0 aliphatic carbocycles. The molecule has 15 heavy (non-hydrogen) atoms. The van der Waals surface area contributed by atoms with Gasteiger partial charge in [-0.2, -0.15) is 0 Å².